The fourth-order valence-electron chi connectivity index (χ4n) is 2.18. The molecular weight excluding hydrogens is 338 g/mol. The quantitative estimate of drug-likeness (QED) is 0.634. The lowest BCUT2D eigenvalue weighted by Crippen LogP contribution is -2.39. The number of nitrogens with one attached hydrogen (secondary N) is 1. The van der Waals surface area contributed by atoms with E-state index in [0.717, 1.165) is 27.3 Å². The topological polar surface area (TPSA) is 78.8 Å². The maximum absolute atomic E-state index is 12.1. The molecule has 2 rings (SSSR count). The van der Waals surface area contributed by atoms with Gasteiger partial charge in [0.05, 0.1) is 18.2 Å². The zero-order valence-electron chi connectivity index (χ0n) is 14.4. The molecule has 0 saturated heterocycles. The second kappa shape index (κ2) is 7.94. The SMILES string of the molecule is Cc1ccc(/C=N/NC(=O)CN(c2cccc(C)c2)S(C)(=O)=O)cc1. The molecule has 0 unspecified atom stereocenters. The molecule has 1 N–H and O–H groups in total. The van der Waals surface area contributed by atoms with Crippen LogP contribution in [-0.4, -0.2) is 33.3 Å². The number of hydrazone groups is 1. The van der Waals surface area contributed by atoms with Gasteiger partial charge >= 0.3 is 0 Å². The van der Waals surface area contributed by atoms with Gasteiger partial charge in [0.2, 0.25) is 10.0 Å². The standard InChI is InChI=1S/C18H21N3O3S/c1-14-7-9-16(10-8-14)12-19-20-18(22)13-21(25(3,23)24)17-6-4-5-15(2)11-17/h4-12H,13H2,1-3H3,(H,20,22)/b19-12+. The summed E-state index contributed by atoms with van der Waals surface area (Å²) in [7, 11) is -3.59. The largest absolute Gasteiger partial charge is 0.271 e. The average Bonchev–Trinajstić information content (AvgIpc) is 2.53. The molecule has 2 aromatic rings. The van der Waals surface area contributed by atoms with Crippen LogP contribution < -0.4 is 9.73 Å². The van der Waals surface area contributed by atoms with Gasteiger partial charge in [-0.25, -0.2) is 13.8 Å². The highest BCUT2D eigenvalue weighted by atomic mass is 32.2. The first kappa shape index (κ1) is 18.7. The van der Waals surface area contributed by atoms with Crippen molar-refractivity contribution in [1.82, 2.24) is 5.43 Å². The summed E-state index contributed by atoms with van der Waals surface area (Å²) < 4.78 is 25.1. The summed E-state index contributed by atoms with van der Waals surface area (Å²) in [6.07, 6.45) is 2.58. The second-order valence-electron chi connectivity index (χ2n) is 5.81. The predicted octanol–water partition coefficient (Wildman–Crippen LogP) is 2.22. The number of aryl methyl sites for hydroxylation is 2. The van der Waals surface area contributed by atoms with Crippen LogP contribution in [0, 0.1) is 13.8 Å². The van der Waals surface area contributed by atoms with Gasteiger partial charge in [-0.1, -0.05) is 42.0 Å². The first-order chi connectivity index (χ1) is 11.8. The summed E-state index contributed by atoms with van der Waals surface area (Å²) in [5, 5.41) is 3.87. The van der Waals surface area contributed by atoms with Gasteiger partial charge in [0.1, 0.15) is 6.54 Å². The molecular formula is C18H21N3O3S. The maximum atomic E-state index is 12.1. The number of anilines is 1. The van der Waals surface area contributed by atoms with Gasteiger partial charge in [-0.05, 0) is 37.1 Å². The number of rotatable bonds is 6. The molecule has 25 heavy (non-hydrogen) atoms. The third kappa shape index (κ3) is 5.72. The van der Waals surface area contributed by atoms with E-state index in [0.29, 0.717) is 5.69 Å². The summed E-state index contributed by atoms with van der Waals surface area (Å²) in [6.45, 7) is 3.50. The Morgan fingerprint density at radius 1 is 1.12 bits per heavy atom. The van der Waals surface area contributed by atoms with Gasteiger partial charge < -0.3 is 0 Å². The van der Waals surface area contributed by atoms with E-state index in [1.165, 1.54) is 6.21 Å². The van der Waals surface area contributed by atoms with E-state index in [2.05, 4.69) is 10.5 Å². The molecule has 6 nitrogen and oxygen atoms in total. The Labute approximate surface area is 148 Å². The molecule has 2 aromatic carbocycles. The van der Waals surface area contributed by atoms with Crippen LogP contribution in [0.2, 0.25) is 0 Å². The van der Waals surface area contributed by atoms with Crippen molar-refractivity contribution in [3.8, 4) is 0 Å². The van der Waals surface area contributed by atoms with Crippen molar-refractivity contribution >= 4 is 27.8 Å². The Bertz CT molecular complexity index is 875. The number of nitrogens with zero attached hydrogens (tertiary/aromatic N) is 2. The fraction of sp³-hybridized carbons (Fsp3) is 0.222. The summed E-state index contributed by atoms with van der Waals surface area (Å²) in [4.78, 5) is 12.1. The van der Waals surface area contributed by atoms with E-state index in [1.807, 2.05) is 44.2 Å². The molecule has 132 valence electrons. The summed E-state index contributed by atoms with van der Waals surface area (Å²) in [6, 6.07) is 14.6. The van der Waals surface area contributed by atoms with Crippen molar-refractivity contribution in [3.05, 3.63) is 65.2 Å². The molecule has 0 aliphatic heterocycles. The molecule has 0 bridgehead atoms. The van der Waals surface area contributed by atoms with Gasteiger partial charge in [0.25, 0.3) is 5.91 Å². The summed E-state index contributed by atoms with van der Waals surface area (Å²) in [5.41, 5.74) is 5.67. The van der Waals surface area contributed by atoms with Crippen LogP contribution in [0.25, 0.3) is 0 Å². The van der Waals surface area contributed by atoms with Gasteiger partial charge in [-0.15, -0.1) is 0 Å². The van der Waals surface area contributed by atoms with Gasteiger partial charge in [0, 0.05) is 0 Å². The molecule has 0 heterocycles. The predicted molar refractivity (Wildman–Crippen MR) is 100 cm³/mol. The highest BCUT2D eigenvalue weighted by Gasteiger charge is 2.20. The third-order valence-corrected chi connectivity index (χ3v) is 4.60. The minimum absolute atomic E-state index is 0.340. The van der Waals surface area contributed by atoms with Crippen LogP contribution in [0.4, 0.5) is 5.69 Å². The first-order valence-electron chi connectivity index (χ1n) is 7.68. The van der Waals surface area contributed by atoms with E-state index < -0.39 is 15.9 Å². The highest BCUT2D eigenvalue weighted by molar-refractivity contribution is 7.92. The molecule has 0 radical (unpaired) electrons. The molecule has 0 spiro atoms. The summed E-state index contributed by atoms with van der Waals surface area (Å²) in [5.74, 6) is -0.518. The van der Waals surface area contributed by atoms with Crippen molar-refractivity contribution in [2.75, 3.05) is 17.1 Å². The van der Waals surface area contributed by atoms with Gasteiger partial charge in [-0.2, -0.15) is 5.10 Å². The number of carbonyl (C=O) groups is 1. The monoisotopic (exact) mass is 359 g/mol. The Balaban J connectivity index is 2.06. The molecule has 0 aliphatic carbocycles. The van der Waals surface area contributed by atoms with Crippen molar-refractivity contribution < 1.29 is 13.2 Å². The van der Waals surface area contributed by atoms with Crippen LogP contribution >= 0.6 is 0 Å². The summed E-state index contributed by atoms with van der Waals surface area (Å²) >= 11 is 0. The normalized spacial score (nSPS) is 11.5. The molecule has 7 heteroatoms. The minimum Gasteiger partial charge on any atom is -0.271 e. The molecule has 1 amide bonds. The Kier molecular flexibility index (Phi) is 5.93. The van der Waals surface area contributed by atoms with Crippen LogP contribution in [0.15, 0.2) is 53.6 Å². The third-order valence-electron chi connectivity index (χ3n) is 3.46. The number of amides is 1. The molecule has 0 aliphatic rings. The van der Waals surface area contributed by atoms with Crippen LogP contribution in [0.5, 0.6) is 0 Å². The van der Waals surface area contributed by atoms with E-state index in [4.69, 9.17) is 0 Å². The lowest BCUT2D eigenvalue weighted by Gasteiger charge is -2.21. The van der Waals surface area contributed by atoms with Crippen molar-refractivity contribution in [1.29, 1.82) is 0 Å². The highest BCUT2D eigenvalue weighted by Crippen LogP contribution is 2.18. The smallest absolute Gasteiger partial charge is 0.260 e. The lowest BCUT2D eigenvalue weighted by atomic mass is 10.2. The first-order valence-corrected chi connectivity index (χ1v) is 9.53. The lowest BCUT2D eigenvalue weighted by molar-refractivity contribution is -0.119. The number of benzene rings is 2. The second-order valence-corrected chi connectivity index (χ2v) is 7.72. The van der Waals surface area contributed by atoms with E-state index >= 15 is 0 Å². The van der Waals surface area contributed by atoms with Crippen LogP contribution in [0.1, 0.15) is 16.7 Å². The molecule has 0 saturated carbocycles. The minimum atomic E-state index is -3.59. The molecule has 0 aromatic heterocycles. The zero-order valence-corrected chi connectivity index (χ0v) is 15.2. The van der Waals surface area contributed by atoms with Crippen LogP contribution in [0.3, 0.4) is 0 Å². The molecule has 0 fully saturated rings. The van der Waals surface area contributed by atoms with Crippen LogP contribution in [-0.2, 0) is 14.8 Å². The van der Waals surface area contributed by atoms with E-state index in [-0.39, 0.29) is 6.54 Å². The Morgan fingerprint density at radius 3 is 2.40 bits per heavy atom. The van der Waals surface area contributed by atoms with Gasteiger partial charge in [-0.3, -0.25) is 9.10 Å². The number of hydrogen-bond donors (Lipinski definition) is 1. The van der Waals surface area contributed by atoms with Gasteiger partial charge in [0.15, 0.2) is 0 Å². The fourth-order valence-corrected chi connectivity index (χ4v) is 3.03. The molecule has 0 atom stereocenters. The number of hydrogen-bond acceptors (Lipinski definition) is 4. The number of sulfonamides is 1. The Morgan fingerprint density at radius 2 is 1.80 bits per heavy atom. The maximum Gasteiger partial charge on any atom is 0.260 e. The van der Waals surface area contributed by atoms with E-state index in [9.17, 15) is 13.2 Å². The average molecular weight is 359 g/mol. The van der Waals surface area contributed by atoms with Crippen molar-refractivity contribution in [2.24, 2.45) is 5.10 Å². The van der Waals surface area contributed by atoms with E-state index in [1.54, 1.807) is 18.2 Å². The Hall–Kier alpha value is -2.67. The number of carbonyl (C=O) groups excluding carboxylic acids is 1. The van der Waals surface area contributed by atoms with Crippen molar-refractivity contribution in [3.63, 3.8) is 0 Å². The zero-order chi connectivity index (χ0) is 18.4. The van der Waals surface area contributed by atoms with Crippen molar-refractivity contribution in [2.45, 2.75) is 13.8 Å².